The summed E-state index contributed by atoms with van der Waals surface area (Å²) in [6, 6.07) is 11.2. The molecule has 0 aromatic heterocycles. The number of benzene rings is 1. The van der Waals surface area contributed by atoms with Gasteiger partial charge in [-0.2, -0.15) is 0 Å². The fourth-order valence-corrected chi connectivity index (χ4v) is 2.18. The molecule has 0 aliphatic heterocycles. The molecular formula is C16H27NO. The molecule has 18 heavy (non-hydrogen) atoms. The van der Waals surface area contributed by atoms with Crippen LogP contribution in [0.15, 0.2) is 30.3 Å². The quantitative estimate of drug-likeness (QED) is 0.759. The lowest BCUT2D eigenvalue weighted by Crippen LogP contribution is -2.29. The predicted octanol–water partition coefficient (Wildman–Crippen LogP) is 3.65. The van der Waals surface area contributed by atoms with Gasteiger partial charge in [0, 0.05) is 26.3 Å². The van der Waals surface area contributed by atoms with Gasteiger partial charge >= 0.3 is 0 Å². The number of hydrogen-bond acceptors (Lipinski definition) is 2. The van der Waals surface area contributed by atoms with Gasteiger partial charge in [-0.3, -0.25) is 0 Å². The van der Waals surface area contributed by atoms with Crippen LogP contribution in [0, 0.1) is 11.8 Å². The monoisotopic (exact) mass is 249 g/mol. The van der Waals surface area contributed by atoms with E-state index in [0.29, 0.717) is 17.9 Å². The fraction of sp³-hybridized carbons (Fsp3) is 0.625. The summed E-state index contributed by atoms with van der Waals surface area (Å²) in [7, 11) is 1.76. The smallest absolute Gasteiger partial charge is 0.0499 e. The fourth-order valence-electron chi connectivity index (χ4n) is 2.18. The molecule has 2 atom stereocenters. The summed E-state index contributed by atoms with van der Waals surface area (Å²) in [5.41, 5.74) is 1.39. The van der Waals surface area contributed by atoms with Crippen molar-refractivity contribution >= 4 is 0 Å². The van der Waals surface area contributed by atoms with E-state index in [1.165, 1.54) is 12.0 Å². The molecule has 0 spiro atoms. The van der Waals surface area contributed by atoms with Crippen LogP contribution in [0.1, 0.15) is 38.8 Å². The Morgan fingerprint density at radius 1 is 1.11 bits per heavy atom. The third-order valence-corrected chi connectivity index (χ3v) is 3.07. The van der Waals surface area contributed by atoms with E-state index in [-0.39, 0.29) is 0 Å². The second-order valence-corrected chi connectivity index (χ2v) is 5.56. The highest BCUT2D eigenvalue weighted by Crippen LogP contribution is 2.21. The van der Waals surface area contributed by atoms with Crippen LogP contribution in [-0.2, 0) is 4.74 Å². The van der Waals surface area contributed by atoms with E-state index >= 15 is 0 Å². The summed E-state index contributed by atoms with van der Waals surface area (Å²) in [5.74, 6) is 1.24. The van der Waals surface area contributed by atoms with Gasteiger partial charge in [0.05, 0.1) is 0 Å². The lowest BCUT2D eigenvalue weighted by atomic mass is 9.96. The minimum absolute atomic E-state index is 0.450. The zero-order valence-electron chi connectivity index (χ0n) is 12.1. The Hall–Kier alpha value is -0.860. The molecule has 0 saturated carbocycles. The molecule has 0 heterocycles. The Kier molecular flexibility index (Phi) is 6.99. The molecule has 1 aromatic rings. The van der Waals surface area contributed by atoms with Crippen LogP contribution in [-0.4, -0.2) is 20.3 Å². The van der Waals surface area contributed by atoms with Gasteiger partial charge in [-0.05, 0) is 23.8 Å². The van der Waals surface area contributed by atoms with Crippen molar-refractivity contribution in [3.8, 4) is 0 Å². The maximum Gasteiger partial charge on any atom is 0.0499 e. The first-order valence-corrected chi connectivity index (χ1v) is 6.90. The summed E-state index contributed by atoms with van der Waals surface area (Å²) in [5, 5.41) is 3.67. The topological polar surface area (TPSA) is 21.3 Å². The van der Waals surface area contributed by atoms with E-state index in [1.54, 1.807) is 7.11 Å². The van der Waals surface area contributed by atoms with E-state index in [9.17, 15) is 0 Å². The molecule has 0 bridgehead atoms. The lowest BCUT2D eigenvalue weighted by Gasteiger charge is -2.23. The summed E-state index contributed by atoms with van der Waals surface area (Å²) >= 11 is 0. The van der Waals surface area contributed by atoms with Crippen molar-refractivity contribution in [1.29, 1.82) is 0 Å². The van der Waals surface area contributed by atoms with Crippen LogP contribution < -0.4 is 5.32 Å². The van der Waals surface area contributed by atoms with Gasteiger partial charge in [0.2, 0.25) is 0 Å². The van der Waals surface area contributed by atoms with E-state index in [1.807, 2.05) is 0 Å². The van der Waals surface area contributed by atoms with Crippen LogP contribution in [0.5, 0.6) is 0 Å². The summed E-state index contributed by atoms with van der Waals surface area (Å²) in [4.78, 5) is 0. The van der Waals surface area contributed by atoms with E-state index in [2.05, 4.69) is 56.4 Å². The highest BCUT2D eigenvalue weighted by atomic mass is 16.5. The van der Waals surface area contributed by atoms with Crippen LogP contribution in [0.25, 0.3) is 0 Å². The summed E-state index contributed by atoms with van der Waals surface area (Å²) in [6.45, 7) is 8.58. The van der Waals surface area contributed by atoms with Gasteiger partial charge in [0.15, 0.2) is 0 Å². The number of rotatable bonds is 8. The Bertz CT molecular complexity index is 310. The van der Waals surface area contributed by atoms with Crippen molar-refractivity contribution < 1.29 is 4.74 Å². The first kappa shape index (κ1) is 15.2. The van der Waals surface area contributed by atoms with Gasteiger partial charge in [-0.15, -0.1) is 0 Å². The van der Waals surface area contributed by atoms with Crippen LogP contribution in [0.2, 0.25) is 0 Å². The molecule has 2 nitrogen and oxygen atoms in total. The molecule has 1 aromatic carbocycles. The minimum Gasteiger partial charge on any atom is -0.384 e. The lowest BCUT2D eigenvalue weighted by molar-refractivity contribution is 0.156. The van der Waals surface area contributed by atoms with Gasteiger partial charge in [0.25, 0.3) is 0 Å². The van der Waals surface area contributed by atoms with Crippen molar-refractivity contribution in [3.05, 3.63) is 35.9 Å². The maximum absolute atomic E-state index is 5.18. The van der Waals surface area contributed by atoms with Crippen molar-refractivity contribution in [2.75, 3.05) is 20.3 Å². The number of methoxy groups -OCH3 is 1. The van der Waals surface area contributed by atoms with Crippen LogP contribution >= 0.6 is 0 Å². The number of ether oxygens (including phenoxy) is 1. The highest BCUT2D eigenvalue weighted by Gasteiger charge is 2.13. The number of nitrogens with one attached hydrogen (secondary N) is 1. The molecule has 0 saturated heterocycles. The van der Waals surface area contributed by atoms with Gasteiger partial charge in [-0.1, -0.05) is 51.1 Å². The molecular weight excluding hydrogens is 222 g/mol. The van der Waals surface area contributed by atoms with Gasteiger partial charge in [-0.25, -0.2) is 0 Å². The third-order valence-electron chi connectivity index (χ3n) is 3.07. The summed E-state index contributed by atoms with van der Waals surface area (Å²) < 4.78 is 5.18. The second-order valence-electron chi connectivity index (χ2n) is 5.56. The van der Waals surface area contributed by atoms with Crippen molar-refractivity contribution in [1.82, 2.24) is 5.32 Å². The molecule has 1 rings (SSSR count). The van der Waals surface area contributed by atoms with Crippen molar-refractivity contribution in [2.45, 2.75) is 33.2 Å². The van der Waals surface area contributed by atoms with E-state index in [4.69, 9.17) is 4.74 Å². The SMILES string of the molecule is COCC(C)CNC(CC(C)C)c1ccccc1. The Morgan fingerprint density at radius 3 is 2.33 bits per heavy atom. The first-order valence-electron chi connectivity index (χ1n) is 6.90. The van der Waals surface area contributed by atoms with E-state index in [0.717, 1.165) is 13.2 Å². The van der Waals surface area contributed by atoms with E-state index < -0.39 is 0 Å². The average Bonchev–Trinajstić information content (AvgIpc) is 2.35. The van der Waals surface area contributed by atoms with Gasteiger partial charge in [0.1, 0.15) is 0 Å². The molecule has 0 aliphatic rings. The first-order chi connectivity index (χ1) is 8.63. The highest BCUT2D eigenvalue weighted by molar-refractivity contribution is 5.18. The maximum atomic E-state index is 5.18. The molecule has 2 heteroatoms. The molecule has 0 aliphatic carbocycles. The Labute approximate surface area is 112 Å². The zero-order chi connectivity index (χ0) is 13.4. The standard InChI is InChI=1S/C16H27NO/c1-13(2)10-16(15-8-6-5-7-9-15)17-11-14(3)12-18-4/h5-9,13-14,16-17H,10-12H2,1-4H3. The molecule has 0 radical (unpaired) electrons. The third kappa shape index (κ3) is 5.65. The Balaban J connectivity index is 2.56. The zero-order valence-corrected chi connectivity index (χ0v) is 12.1. The normalized spacial score (nSPS) is 14.7. The van der Waals surface area contributed by atoms with Crippen molar-refractivity contribution in [2.24, 2.45) is 11.8 Å². The average molecular weight is 249 g/mol. The second kappa shape index (κ2) is 8.28. The van der Waals surface area contributed by atoms with Crippen LogP contribution in [0.3, 0.4) is 0 Å². The minimum atomic E-state index is 0.450. The molecule has 2 unspecified atom stereocenters. The predicted molar refractivity (Wildman–Crippen MR) is 77.7 cm³/mol. The van der Waals surface area contributed by atoms with Gasteiger partial charge < -0.3 is 10.1 Å². The molecule has 0 amide bonds. The van der Waals surface area contributed by atoms with Crippen LogP contribution in [0.4, 0.5) is 0 Å². The largest absolute Gasteiger partial charge is 0.384 e. The van der Waals surface area contributed by atoms with Crippen molar-refractivity contribution in [3.63, 3.8) is 0 Å². The molecule has 1 N–H and O–H groups in total. The number of hydrogen-bond donors (Lipinski definition) is 1. The Morgan fingerprint density at radius 2 is 1.78 bits per heavy atom. The summed E-state index contributed by atoms with van der Waals surface area (Å²) in [6.07, 6.45) is 1.17. The molecule has 102 valence electrons. The molecule has 0 fully saturated rings.